The fraction of sp³-hybridized carbons (Fsp3) is 0.375. The summed E-state index contributed by atoms with van der Waals surface area (Å²) in [6, 6.07) is 7.46. The van der Waals surface area contributed by atoms with E-state index >= 15 is 0 Å². The summed E-state index contributed by atoms with van der Waals surface area (Å²) in [6.45, 7) is 0. The van der Waals surface area contributed by atoms with Crippen LogP contribution in [-0.2, 0) is 12.8 Å². The van der Waals surface area contributed by atoms with Gasteiger partial charge in [-0.2, -0.15) is 0 Å². The number of anilines is 1. The fourth-order valence-corrected chi connectivity index (χ4v) is 3.18. The standard InChI is InChI=1S/C16H16BrN3/c17-14-8-18-16(19-9-14)20-15-6-12-4-3-11(10-1-2-10)5-13(12)7-15/h3-5,8-10,15H,1-2,6-7H2,(H,18,19,20). The molecule has 1 fully saturated rings. The fourth-order valence-electron chi connectivity index (χ4n) is 2.98. The summed E-state index contributed by atoms with van der Waals surface area (Å²) in [5.74, 6) is 1.55. The molecule has 2 aliphatic carbocycles. The van der Waals surface area contributed by atoms with E-state index in [9.17, 15) is 0 Å². The number of hydrogen-bond donors (Lipinski definition) is 1. The second-order valence-electron chi connectivity index (χ2n) is 5.78. The number of nitrogens with one attached hydrogen (secondary N) is 1. The first-order chi connectivity index (χ1) is 9.78. The van der Waals surface area contributed by atoms with Crippen molar-refractivity contribution < 1.29 is 0 Å². The first kappa shape index (κ1) is 12.3. The molecule has 1 N–H and O–H groups in total. The molecule has 1 aromatic carbocycles. The average molecular weight is 330 g/mol. The van der Waals surface area contributed by atoms with Gasteiger partial charge in [0.05, 0.1) is 4.47 Å². The van der Waals surface area contributed by atoms with E-state index in [0.717, 1.165) is 23.2 Å². The SMILES string of the molecule is Brc1cnc(NC2Cc3ccc(C4CC4)cc3C2)nc1. The Morgan fingerprint density at radius 2 is 1.80 bits per heavy atom. The van der Waals surface area contributed by atoms with E-state index in [1.54, 1.807) is 12.4 Å². The van der Waals surface area contributed by atoms with Gasteiger partial charge in [0.2, 0.25) is 5.95 Å². The van der Waals surface area contributed by atoms with Crippen LogP contribution in [-0.4, -0.2) is 16.0 Å². The van der Waals surface area contributed by atoms with E-state index in [2.05, 4.69) is 49.4 Å². The number of fused-ring (bicyclic) bond motifs is 1. The van der Waals surface area contributed by atoms with Gasteiger partial charge in [0.25, 0.3) is 0 Å². The summed E-state index contributed by atoms with van der Waals surface area (Å²) >= 11 is 3.36. The molecule has 1 heterocycles. The first-order valence-corrected chi connectivity index (χ1v) is 7.93. The highest BCUT2D eigenvalue weighted by Crippen LogP contribution is 2.41. The summed E-state index contributed by atoms with van der Waals surface area (Å²) in [6.07, 6.45) is 8.45. The third-order valence-corrected chi connectivity index (χ3v) is 4.57. The second kappa shape index (κ2) is 4.85. The van der Waals surface area contributed by atoms with Crippen molar-refractivity contribution in [1.82, 2.24) is 9.97 Å². The molecule has 1 atom stereocenters. The van der Waals surface area contributed by atoms with Crippen LogP contribution in [0.2, 0.25) is 0 Å². The van der Waals surface area contributed by atoms with Crippen molar-refractivity contribution in [3.63, 3.8) is 0 Å². The third-order valence-electron chi connectivity index (χ3n) is 4.17. The van der Waals surface area contributed by atoms with Crippen LogP contribution in [0.15, 0.2) is 35.1 Å². The van der Waals surface area contributed by atoms with Crippen LogP contribution in [0.5, 0.6) is 0 Å². The van der Waals surface area contributed by atoms with Crippen LogP contribution in [0.3, 0.4) is 0 Å². The van der Waals surface area contributed by atoms with Gasteiger partial charge in [-0.25, -0.2) is 9.97 Å². The molecule has 20 heavy (non-hydrogen) atoms. The lowest BCUT2D eigenvalue weighted by Crippen LogP contribution is -2.20. The second-order valence-corrected chi connectivity index (χ2v) is 6.69. The molecule has 102 valence electrons. The van der Waals surface area contributed by atoms with Crippen molar-refractivity contribution in [3.05, 3.63) is 51.8 Å². The summed E-state index contributed by atoms with van der Waals surface area (Å²) in [7, 11) is 0. The summed E-state index contributed by atoms with van der Waals surface area (Å²) in [5.41, 5.74) is 4.51. The Morgan fingerprint density at radius 1 is 1.05 bits per heavy atom. The molecule has 1 aromatic heterocycles. The quantitative estimate of drug-likeness (QED) is 0.933. The predicted molar refractivity (Wildman–Crippen MR) is 83.0 cm³/mol. The van der Waals surface area contributed by atoms with Crippen molar-refractivity contribution in [1.29, 1.82) is 0 Å². The van der Waals surface area contributed by atoms with Gasteiger partial charge in [-0.1, -0.05) is 18.2 Å². The number of nitrogens with zero attached hydrogens (tertiary/aromatic N) is 2. The molecule has 1 saturated carbocycles. The van der Waals surface area contributed by atoms with Crippen molar-refractivity contribution in [3.8, 4) is 0 Å². The lowest BCUT2D eigenvalue weighted by Gasteiger charge is -2.11. The van der Waals surface area contributed by atoms with Crippen molar-refractivity contribution >= 4 is 21.9 Å². The van der Waals surface area contributed by atoms with Gasteiger partial charge in [-0.3, -0.25) is 0 Å². The van der Waals surface area contributed by atoms with Crippen molar-refractivity contribution in [2.75, 3.05) is 5.32 Å². The van der Waals surface area contributed by atoms with Crippen LogP contribution >= 0.6 is 15.9 Å². The monoisotopic (exact) mass is 329 g/mol. The zero-order chi connectivity index (χ0) is 13.5. The zero-order valence-electron chi connectivity index (χ0n) is 11.1. The Balaban J connectivity index is 1.48. The van der Waals surface area contributed by atoms with E-state index in [-0.39, 0.29) is 0 Å². The van der Waals surface area contributed by atoms with Gasteiger partial charge in [0, 0.05) is 18.4 Å². The topological polar surface area (TPSA) is 37.8 Å². The molecule has 4 rings (SSSR count). The lowest BCUT2D eigenvalue weighted by atomic mass is 10.0. The van der Waals surface area contributed by atoms with Crippen molar-refractivity contribution in [2.24, 2.45) is 0 Å². The molecule has 3 nitrogen and oxygen atoms in total. The van der Waals surface area contributed by atoms with E-state index in [1.807, 2.05) is 0 Å². The summed E-state index contributed by atoms with van der Waals surface area (Å²) in [4.78, 5) is 8.58. The minimum Gasteiger partial charge on any atom is -0.351 e. The molecule has 0 saturated heterocycles. The normalized spacial score (nSPS) is 20.8. The number of rotatable bonds is 3. The first-order valence-electron chi connectivity index (χ1n) is 7.14. The van der Waals surface area contributed by atoms with Gasteiger partial charge >= 0.3 is 0 Å². The zero-order valence-corrected chi connectivity index (χ0v) is 12.7. The number of aromatic nitrogens is 2. The Morgan fingerprint density at radius 3 is 2.55 bits per heavy atom. The number of hydrogen-bond acceptors (Lipinski definition) is 3. The highest BCUT2D eigenvalue weighted by Gasteiger charge is 2.27. The molecular weight excluding hydrogens is 314 g/mol. The Bertz CT molecular complexity index is 635. The summed E-state index contributed by atoms with van der Waals surface area (Å²) < 4.78 is 0.909. The van der Waals surface area contributed by atoms with Crippen LogP contribution in [0, 0.1) is 0 Å². The van der Waals surface area contributed by atoms with E-state index in [0.29, 0.717) is 12.0 Å². The smallest absolute Gasteiger partial charge is 0.222 e. The molecule has 1 unspecified atom stereocenters. The number of halogens is 1. The van der Waals surface area contributed by atoms with E-state index in [1.165, 1.54) is 29.5 Å². The van der Waals surface area contributed by atoms with Gasteiger partial charge in [-0.05, 0) is 64.2 Å². The van der Waals surface area contributed by atoms with Crippen LogP contribution in [0.1, 0.15) is 35.4 Å². The highest BCUT2D eigenvalue weighted by molar-refractivity contribution is 9.10. The molecule has 2 aromatic rings. The van der Waals surface area contributed by atoms with Crippen molar-refractivity contribution in [2.45, 2.75) is 37.6 Å². The molecule has 4 heteroatoms. The molecule has 0 radical (unpaired) electrons. The maximum atomic E-state index is 4.29. The Kier molecular flexibility index (Phi) is 2.99. The Labute approximate surface area is 127 Å². The lowest BCUT2D eigenvalue weighted by molar-refractivity contribution is 0.761. The van der Waals surface area contributed by atoms with Gasteiger partial charge in [-0.15, -0.1) is 0 Å². The summed E-state index contributed by atoms with van der Waals surface area (Å²) in [5, 5.41) is 3.44. The minimum atomic E-state index is 0.417. The average Bonchev–Trinajstić information content (AvgIpc) is 3.22. The molecule has 0 aliphatic heterocycles. The van der Waals surface area contributed by atoms with Crippen LogP contribution in [0.25, 0.3) is 0 Å². The molecular formula is C16H16BrN3. The van der Waals surface area contributed by atoms with E-state index in [4.69, 9.17) is 0 Å². The van der Waals surface area contributed by atoms with Crippen LogP contribution < -0.4 is 5.32 Å². The molecule has 0 amide bonds. The van der Waals surface area contributed by atoms with E-state index < -0.39 is 0 Å². The van der Waals surface area contributed by atoms with Gasteiger partial charge in [0.1, 0.15) is 0 Å². The number of benzene rings is 1. The largest absolute Gasteiger partial charge is 0.351 e. The molecule has 0 spiro atoms. The highest BCUT2D eigenvalue weighted by atomic mass is 79.9. The predicted octanol–water partition coefficient (Wildman–Crippen LogP) is 3.70. The maximum Gasteiger partial charge on any atom is 0.222 e. The third kappa shape index (κ3) is 2.44. The van der Waals surface area contributed by atoms with Gasteiger partial charge < -0.3 is 5.32 Å². The molecule has 0 bridgehead atoms. The van der Waals surface area contributed by atoms with Gasteiger partial charge in [0.15, 0.2) is 0 Å². The Hall–Kier alpha value is -1.42. The maximum absolute atomic E-state index is 4.29. The van der Waals surface area contributed by atoms with Crippen LogP contribution in [0.4, 0.5) is 5.95 Å². The molecule has 2 aliphatic rings. The minimum absolute atomic E-state index is 0.417.